The molecule has 0 bridgehead atoms. The third-order valence-electron chi connectivity index (χ3n) is 2.52. The fourth-order valence-corrected chi connectivity index (χ4v) is 1.91. The third-order valence-corrected chi connectivity index (χ3v) is 2.64. The molecule has 1 fully saturated rings. The monoisotopic (exact) mass is 202 g/mol. The fourth-order valence-electron chi connectivity index (χ4n) is 1.74. The highest BCUT2D eigenvalue weighted by molar-refractivity contribution is 6.29. The Morgan fingerprint density at radius 3 is 2.46 bits per heavy atom. The lowest BCUT2D eigenvalue weighted by atomic mass is 10.4. The molecule has 0 aromatic heterocycles. The average Bonchev–Trinajstić information content (AvgIpc) is 2.29. The second-order valence-electron chi connectivity index (χ2n) is 3.58. The van der Waals surface area contributed by atoms with Crippen LogP contribution >= 0.6 is 11.6 Å². The number of halogens is 1. The molecule has 1 rings (SSSR count). The van der Waals surface area contributed by atoms with Crippen LogP contribution in [0.15, 0.2) is 11.6 Å². The van der Waals surface area contributed by atoms with Crippen LogP contribution in [0.2, 0.25) is 0 Å². The zero-order valence-electron chi connectivity index (χ0n) is 8.43. The van der Waals surface area contributed by atoms with Crippen LogP contribution in [0, 0.1) is 0 Å². The van der Waals surface area contributed by atoms with Gasteiger partial charge in [0.15, 0.2) is 0 Å². The van der Waals surface area contributed by atoms with Crippen LogP contribution in [0.1, 0.15) is 13.3 Å². The van der Waals surface area contributed by atoms with Gasteiger partial charge in [-0.1, -0.05) is 25.1 Å². The van der Waals surface area contributed by atoms with Crippen LogP contribution in [0.3, 0.4) is 0 Å². The van der Waals surface area contributed by atoms with Gasteiger partial charge >= 0.3 is 0 Å². The first kappa shape index (κ1) is 11.0. The van der Waals surface area contributed by atoms with E-state index in [0.29, 0.717) is 0 Å². The summed E-state index contributed by atoms with van der Waals surface area (Å²) in [6.45, 7) is 12.6. The molecule has 1 saturated heterocycles. The van der Waals surface area contributed by atoms with E-state index in [1.54, 1.807) is 0 Å². The lowest BCUT2D eigenvalue weighted by molar-refractivity contribution is 0.277. The summed E-state index contributed by atoms with van der Waals surface area (Å²) in [6.07, 6.45) is 1.25. The van der Waals surface area contributed by atoms with Crippen LogP contribution < -0.4 is 0 Å². The summed E-state index contributed by atoms with van der Waals surface area (Å²) < 4.78 is 0. The van der Waals surface area contributed by atoms with E-state index in [4.69, 9.17) is 11.6 Å². The van der Waals surface area contributed by atoms with Crippen molar-refractivity contribution in [3.8, 4) is 0 Å². The largest absolute Gasteiger partial charge is 0.302 e. The summed E-state index contributed by atoms with van der Waals surface area (Å²) in [4.78, 5) is 4.86. The van der Waals surface area contributed by atoms with Gasteiger partial charge in [0.25, 0.3) is 0 Å². The predicted octanol–water partition coefficient (Wildman–Crippen LogP) is 1.77. The molecular weight excluding hydrogens is 184 g/mol. The maximum atomic E-state index is 5.78. The second-order valence-corrected chi connectivity index (χ2v) is 4.12. The van der Waals surface area contributed by atoms with Crippen molar-refractivity contribution in [2.45, 2.75) is 13.3 Å². The number of hydrogen-bond donors (Lipinski definition) is 0. The van der Waals surface area contributed by atoms with Gasteiger partial charge in [0.2, 0.25) is 0 Å². The van der Waals surface area contributed by atoms with E-state index in [2.05, 4.69) is 23.3 Å². The number of rotatable bonds is 3. The van der Waals surface area contributed by atoms with E-state index in [1.807, 2.05) is 0 Å². The quantitative estimate of drug-likeness (QED) is 0.689. The highest BCUT2D eigenvalue weighted by Gasteiger charge is 2.13. The smallest absolute Gasteiger partial charge is 0.0336 e. The van der Waals surface area contributed by atoms with Crippen LogP contribution in [0.4, 0.5) is 0 Å². The first-order valence-electron chi connectivity index (χ1n) is 5.00. The van der Waals surface area contributed by atoms with Crippen LogP contribution in [0.5, 0.6) is 0 Å². The van der Waals surface area contributed by atoms with E-state index in [1.165, 1.54) is 19.5 Å². The molecule has 1 aliphatic heterocycles. The maximum Gasteiger partial charge on any atom is 0.0336 e. The molecule has 1 heterocycles. The van der Waals surface area contributed by atoms with Crippen LogP contribution in [0.25, 0.3) is 0 Å². The summed E-state index contributed by atoms with van der Waals surface area (Å²) in [5.41, 5.74) is 0. The summed E-state index contributed by atoms with van der Waals surface area (Å²) in [6, 6.07) is 0. The van der Waals surface area contributed by atoms with Crippen molar-refractivity contribution < 1.29 is 0 Å². The van der Waals surface area contributed by atoms with Gasteiger partial charge in [-0.3, -0.25) is 4.90 Å². The summed E-state index contributed by atoms with van der Waals surface area (Å²) >= 11 is 5.78. The molecule has 0 atom stereocenters. The Morgan fingerprint density at radius 2 is 1.85 bits per heavy atom. The van der Waals surface area contributed by atoms with Gasteiger partial charge in [-0.15, -0.1) is 0 Å². The van der Waals surface area contributed by atoms with Gasteiger partial charge in [-0.25, -0.2) is 0 Å². The molecule has 1 aliphatic rings. The lowest BCUT2D eigenvalue weighted by Crippen LogP contribution is -2.31. The van der Waals surface area contributed by atoms with Gasteiger partial charge in [-0.2, -0.15) is 0 Å². The lowest BCUT2D eigenvalue weighted by Gasteiger charge is -2.19. The molecule has 0 aromatic rings. The highest BCUT2D eigenvalue weighted by Crippen LogP contribution is 2.06. The minimum Gasteiger partial charge on any atom is -0.302 e. The van der Waals surface area contributed by atoms with Crippen molar-refractivity contribution >= 4 is 11.6 Å². The fraction of sp³-hybridized carbons (Fsp3) is 0.800. The molecule has 2 nitrogen and oxygen atoms in total. The Kier molecular flexibility index (Phi) is 4.78. The summed E-state index contributed by atoms with van der Waals surface area (Å²) in [7, 11) is 0. The molecule has 0 amide bonds. The van der Waals surface area contributed by atoms with Crippen molar-refractivity contribution in [3.05, 3.63) is 11.6 Å². The second kappa shape index (κ2) is 5.63. The van der Waals surface area contributed by atoms with E-state index in [-0.39, 0.29) is 0 Å². The van der Waals surface area contributed by atoms with Gasteiger partial charge in [0.05, 0.1) is 0 Å². The Hall–Kier alpha value is -0.0500. The molecule has 0 aromatic carbocycles. The van der Waals surface area contributed by atoms with Gasteiger partial charge in [-0.05, 0) is 26.1 Å². The first-order valence-corrected chi connectivity index (χ1v) is 5.38. The number of likely N-dealkylation sites (N-methyl/N-ethyl adjacent to an activating group) is 1. The molecule has 0 aliphatic carbocycles. The van der Waals surface area contributed by atoms with Crippen molar-refractivity contribution in [1.29, 1.82) is 0 Å². The van der Waals surface area contributed by atoms with Crippen LogP contribution in [-0.4, -0.2) is 49.1 Å². The van der Waals surface area contributed by atoms with Crippen molar-refractivity contribution in [3.63, 3.8) is 0 Å². The Morgan fingerprint density at radius 1 is 1.23 bits per heavy atom. The number of hydrogen-bond acceptors (Lipinski definition) is 2. The molecule has 3 heteroatoms. The average molecular weight is 203 g/mol. The normalized spacial score (nSPS) is 21.4. The van der Waals surface area contributed by atoms with Gasteiger partial charge in [0, 0.05) is 24.7 Å². The molecule has 0 unspecified atom stereocenters. The molecule has 0 spiro atoms. The molecule has 0 N–H and O–H groups in total. The third kappa shape index (κ3) is 4.12. The SMILES string of the molecule is C=C(Cl)CN1CCCN(CC)CC1. The minimum atomic E-state index is 0.755. The summed E-state index contributed by atoms with van der Waals surface area (Å²) in [5, 5.41) is 0.755. The van der Waals surface area contributed by atoms with Gasteiger partial charge in [0.1, 0.15) is 0 Å². The number of nitrogens with zero attached hydrogens (tertiary/aromatic N) is 2. The molecular formula is C10H19ClN2. The Balaban J connectivity index is 2.31. The van der Waals surface area contributed by atoms with Crippen molar-refractivity contribution in [2.24, 2.45) is 0 Å². The van der Waals surface area contributed by atoms with Crippen molar-refractivity contribution in [1.82, 2.24) is 9.80 Å². The first-order chi connectivity index (χ1) is 6.22. The maximum absolute atomic E-state index is 5.78. The van der Waals surface area contributed by atoms with E-state index in [0.717, 1.165) is 31.2 Å². The molecule has 0 saturated carbocycles. The Bertz CT molecular complexity index is 170. The highest BCUT2D eigenvalue weighted by atomic mass is 35.5. The zero-order valence-corrected chi connectivity index (χ0v) is 9.19. The van der Waals surface area contributed by atoms with Crippen molar-refractivity contribution in [2.75, 3.05) is 39.3 Å². The zero-order chi connectivity index (χ0) is 9.68. The van der Waals surface area contributed by atoms with E-state index in [9.17, 15) is 0 Å². The van der Waals surface area contributed by atoms with Crippen LogP contribution in [-0.2, 0) is 0 Å². The van der Waals surface area contributed by atoms with Gasteiger partial charge < -0.3 is 4.90 Å². The predicted molar refractivity (Wildman–Crippen MR) is 58.2 cm³/mol. The Labute approximate surface area is 86.2 Å². The standard InChI is InChI=1S/C10H19ClN2/c1-3-12-5-4-6-13(8-7-12)9-10(2)11/h2-9H2,1H3. The summed E-state index contributed by atoms with van der Waals surface area (Å²) in [5.74, 6) is 0. The molecule has 76 valence electrons. The van der Waals surface area contributed by atoms with E-state index < -0.39 is 0 Å². The van der Waals surface area contributed by atoms with E-state index >= 15 is 0 Å². The molecule has 0 radical (unpaired) electrons. The topological polar surface area (TPSA) is 6.48 Å². The minimum absolute atomic E-state index is 0.755. The molecule has 13 heavy (non-hydrogen) atoms.